The Kier molecular flexibility index (Phi) is 4.20. The van der Waals surface area contributed by atoms with E-state index in [1.807, 2.05) is 18.5 Å². The van der Waals surface area contributed by atoms with Crippen molar-refractivity contribution in [2.45, 2.75) is 31.6 Å². The largest absolute Gasteiger partial charge is 0.381 e. The van der Waals surface area contributed by atoms with E-state index in [4.69, 9.17) is 16.5 Å². The van der Waals surface area contributed by atoms with Gasteiger partial charge in [0.25, 0.3) is 0 Å². The van der Waals surface area contributed by atoms with E-state index in [2.05, 4.69) is 30.7 Å². The van der Waals surface area contributed by atoms with Crippen LogP contribution in [0.3, 0.4) is 0 Å². The van der Waals surface area contributed by atoms with E-state index in [1.165, 1.54) is 6.04 Å². The first-order valence-electron chi connectivity index (χ1n) is 6.36. The van der Waals surface area contributed by atoms with Gasteiger partial charge in [0.15, 0.2) is 0 Å². The molecule has 1 unspecified atom stereocenters. The lowest BCUT2D eigenvalue weighted by atomic mass is 10.0. The Morgan fingerprint density at radius 2 is 2.22 bits per heavy atom. The molecule has 100 valence electrons. The third-order valence-corrected chi connectivity index (χ3v) is 5.10. The average Bonchev–Trinajstić information content (AvgIpc) is 2.75. The highest BCUT2D eigenvalue weighted by molar-refractivity contribution is 6.76. The summed E-state index contributed by atoms with van der Waals surface area (Å²) in [6.45, 7) is 8.68. The smallest absolute Gasteiger partial charge is 0.0788 e. The van der Waals surface area contributed by atoms with Gasteiger partial charge in [0.1, 0.15) is 0 Å². The summed E-state index contributed by atoms with van der Waals surface area (Å²) in [5, 5.41) is 0. The zero-order valence-electron chi connectivity index (χ0n) is 11.2. The number of anilines is 1. The first-order valence-corrected chi connectivity index (χ1v) is 10.4. The quantitative estimate of drug-likeness (QED) is 0.504. The van der Waals surface area contributed by atoms with Gasteiger partial charge in [-0.1, -0.05) is 25.7 Å². The van der Waals surface area contributed by atoms with Crippen molar-refractivity contribution >= 4 is 25.5 Å². The predicted molar refractivity (Wildman–Crippen MR) is 80.0 cm³/mol. The minimum Gasteiger partial charge on any atom is -0.381 e. The Balaban J connectivity index is 1.86. The fourth-order valence-corrected chi connectivity index (χ4v) is 2.91. The van der Waals surface area contributed by atoms with Gasteiger partial charge in [0.2, 0.25) is 0 Å². The first kappa shape index (κ1) is 13.7. The zero-order valence-corrected chi connectivity index (χ0v) is 13.0. The van der Waals surface area contributed by atoms with Gasteiger partial charge >= 0.3 is 0 Å². The van der Waals surface area contributed by atoms with Crippen molar-refractivity contribution < 1.29 is 4.74 Å². The number of aromatic amines is 1. The molecule has 18 heavy (non-hydrogen) atoms. The lowest BCUT2D eigenvalue weighted by molar-refractivity contribution is 0.140. The molecule has 1 N–H and O–H groups in total. The molecule has 5 heteroatoms. The molecule has 2 heterocycles. The molecular weight excluding hydrogens is 264 g/mol. The van der Waals surface area contributed by atoms with Crippen molar-refractivity contribution in [1.29, 1.82) is 0 Å². The van der Waals surface area contributed by atoms with Crippen LogP contribution in [-0.2, 0) is 4.74 Å². The maximum absolute atomic E-state index is 6.07. The number of nitrogens with one attached hydrogen (secondary N) is 1. The number of halogens is 1. The fourth-order valence-electron chi connectivity index (χ4n) is 1.94. The summed E-state index contributed by atoms with van der Waals surface area (Å²) >= 11 is 6.07. The van der Waals surface area contributed by atoms with Crippen molar-refractivity contribution in [1.82, 2.24) is 4.98 Å². The SMILES string of the molecule is C[Si](C)(C)CCOCC1C=CN(Cl)c2cc[nH]c21. The molecule has 0 aliphatic carbocycles. The van der Waals surface area contributed by atoms with Gasteiger partial charge in [-0.3, -0.25) is 4.42 Å². The third kappa shape index (κ3) is 3.40. The molecule has 0 amide bonds. The van der Waals surface area contributed by atoms with E-state index in [9.17, 15) is 0 Å². The summed E-state index contributed by atoms with van der Waals surface area (Å²) in [5.41, 5.74) is 2.17. The Morgan fingerprint density at radius 3 is 2.94 bits per heavy atom. The molecular formula is C13H21ClN2OSi. The van der Waals surface area contributed by atoms with Gasteiger partial charge in [-0.05, 0) is 12.1 Å². The number of fused-ring (bicyclic) bond motifs is 1. The second kappa shape index (κ2) is 5.51. The van der Waals surface area contributed by atoms with E-state index >= 15 is 0 Å². The van der Waals surface area contributed by atoms with Gasteiger partial charge in [0.05, 0.1) is 12.3 Å². The second-order valence-corrected chi connectivity index (χ2v) is 11.9. The number of H-pyrrole nitrogens is 1. The second-order valence-electron chi connectivity index (χ2n) is 5.92. The molecule has 0 fully saturated rings. The van der Waals surface area contributed by atoms with Gasteiger partial charge < -0.3 is 9.72 Å². The molecule has 1 aromatic heterocycles. The molecule has 0 bridgehead atoms. The van der Waals surface area contributed by atoms with Crippen LogP contribution in [0.5, 0.6) is 0 Å². The van der Waals surface area contributed by atoms with Crippen LogP contribution in [0.1, 0.15) is 11.6 Å². The molecule has 1 atom stereocenters. The van der Waals surface area contributed by atoms with Gasteiger partial charge in [-0.15, -0.1) is 0 Å². The van der Waals surface area contributed by atoms with Crippen LogP contribution in [0, 0.1) is 0 Å². The molecule has 0 aromatic carbocycles. The Morgan fingerprint density at radius 1 is 1.44 bits per heavy atom. The van der Waals surface area contributed by atoms with Crippen molar-refractivity contribution in [3.63, 3.8) is 0 Å². The van der Waals surface area contributed by atoms with Crippen LogP contribution in [0.15, 0.2) is 24.5 Å². The van der Waals surface area contributed by atoms with Crippen molar-refractivity contribution in [3.05, 3.63) is 30.2 Å². The molecule has 0 saturated carbocycles. The molecule has 2 rings (SSSR count). The number of nitrogens with zero attached hydrogens (tertiary/aromatic N) is 1. The number of hydrogen-bond donors (Lipinski definition) is 1. The van der Waals surface area contributed by atoms with Crippen LogP contribution in [-0.4, -0.2) is 26.3 Å². The molecule has 0 radical (unpaired) electrons. The van der Waals surface area contributed by atoms with Crippen LogP contribution in [0.4, 0.5) is 5.69 Å². The first-order chi connectivity index (χ1) is 8.47. The summed E-state index contributed by atoms with van der Waals surface area (Å²) in [4.78, 5) is 3.25. The van der Waals surface area contributed by atoms with Crippen LogP contribution in [0.25, 0.3) is 0 Å². The summed E-state index contributed by atoms with van der Waals surface area (Å²) in [6.07, 6.45) is 5.90. The summed E-state index contributed by atoms with van der Waals surface area (Å²) in [6, 6.07) is 3.20. The monoisotopic (exact) mass is 284 g/mol. The molecule has 1 aromatic rings. The highest BCUT2D eigenvalue weighted by atomic mass is 35.5. The van der Waals surface area contributed by atoms with E-state index < -0.39 is 8.07 Å². The van der Waals surface area contributed by atoms with Crippen molar-refractivity contribution in [3.8, 4) is 0 Å². The number of aromatic nitrogens is 1. The number of ether oxygens (including phenoxy) is 1. The minimum absolute atomic E-state index is 0.284. The van der Waals surface area contributed by atoms with E-state index in [-0.39, 0.29) is 5.92 Å². The summed E-state index contributed by atoms with van der Waals surface area (Å²) in [7, 11) is -0.994. The van der Waals surface area contributed by atoms with Crippen molar-refractivity contribution in [2.24, 2.45) is 0 Å². The zero-order chi connectivity index (χ0) is 13.2. The van der Waals surface area contributed by atoms with Crippen LogP contribution in [0.2, 0.25) is 25.7 Å². The van der Waals surface area contributed by atoms with E-state index in [0.29, 0.717) is 0 Å². The van der Waals surface area contributed by atoms with Crippen LogP contribution >= 0.6 is 11.8 Å². The average molecular weight is 285 g/mol. The number of hydrogen-bond acceptors (Lipinski definition) is 2. The van der Waals surface area contributed by atoms with Gasteiger partial charge in [0, 0.05) is 50.5 Å². The molecule has 1 aliphatic rings. The van der Waals surface area contributed by atoms with Gasteiger partial charge in [-0.2, -0.15) is 0 Å². The lowest BCUT2D eigenvalue weighted by Crippen LogP contribution is -2.23. The molecule has 1 aliphatic heterocycles. The summed E-state index contributed by atoms with van der Waals surface area (Å²) < 4.78 is 7.43. The Labute approximate surface area is 115 Å². The van der Waals surface area contributed by atoms with E-state index in [0.717, 1.165) is 24.6 Å². The lowest BCUT2D eigenvalue weighted by Gasteiger charge is -2.23. The summed E-state index contributed by atoms with van der Waals surface area (Å²) in [5.74, 6) is 0.284. The Hall–Kier alpha value is -0.713. The maximum Gasteiger partial charge on any atom is 0.0788 e. The molecule has 0 spiro atoms. The van der Waals surface area contributed by atoms with Crippen LogP contribution < -0.4 is 4.42 Å². The maximum atomic E-state index is 6.07. The standard InChI is InChI=1S/C13H21ClN2OSi/c1-18(2,3)9-8-17-10-11-5-7-16(14)12-4-6-15-13(11)12/h4-7,11,15H,8-10H2,1-3H3. The fraction of sp³-hybridized carbons (Fsp3) is 0.538. The normalized spacial score (nSPS) is 19.1. The Bertz CT molecular complexity index is 425. The number of rotatable bonds is 5. The highest BCUT2D eigenvalue weighted by Gasteiger charge is 2.21. The predicted octanol–water partition coefficient (Wildman–Crippen LogP) is 3.94. The van der Waals surface area contributed by atoms with Gasteiger partial charge in [-0.25, -0.2) is 0 Å². The topological polar surface area (TPSA) is 28.3 Å². The molecule has 0 saturated heterocycles. The molecule has 3 nitrogen and oxygen atoms in total. The third-order valence-electron chi connectivity index (χ3n) is 3.10. The highest BCUT2D eigenvalue weighted by Crippen LogP contribution is 2.33. The minimum atomic E-state index is -0.994. The van der Waals surface area contributed by atoms with E-state index in [1.54, 1.807) is 4.42 Å². The van der Waals surface area contributed by atoms with Crippen molar-refractivity contribution in [2.75, 3.05) is 17.6 Å².